The number of primary amides is 1. The van der Waals surface area contributed by atoms with Crippen molar-refractivity contribution in [2.45, 2.75) is 12.5 Å². The van der Waals surface area contributed by atoms with Gasteiger partial charge in [0.1, 0.15) is 6.04 Å². The molecule has 5 nitrogen and oxygen atoms in total. The summed E-state index contributed by atoms with van der Waals surface area (Å²) in [5.74, 6) is -0.982. The maximum absolute atomic E-state index is 13.0. The van der Waals surface area contributed by atoms with Gasteiger partial charge in [-0.2, -0.15) is 0 Å². The fraction of sp³-hybridized carbons (Fsp3) is 0.105. The minimum absolute atomic E-state index is 0.224. The zero-order chi connectivity index (χ0) is 18.0. The van der Waals surface area contributed by atoms with Gasteiger partial charge in [0.15, 0.2) is 0 Å². The van der Waals surface area contributed by atoms with Crippen LogP contribution in [0.3, 0.4) is 0 Å². The lowest BCUT2D eigenvalue weighted by molar-refractivity contribution is -0.119. The summed E-state index contributed by atoms with van der Waals surface area (Å²) in [5, 5.41) is 4.16. The number of para-hydroxylation sites is 2. The molecule has 0 aliphatic carbocycles. The van der Waals surface area contributed by atoms with Crippen LogP contribution >= 0.6 is 15.9 Å². The lowest BCUT2D eigenvalue weighted by atomic mass is 10.0. The van der Waals surface area contributed by atoms with Crippen molar-refractivity contribution in [2.24, 2.45) is 5.73 Å². The molecule has 0 saturated carbocycles. The molecule has 6 heteroatoms. The van der Waals surface area contributed by atoms with Crippen molar-refractivity contribution >= 4 is 49.6 Å². The molecule has 0 fully saturated rings. The van der Waals surface area contributed by atoms with Crippen molar-refractivity contribution in [1.29, 1.82) is 0 Å². The number of nitrogens with zero attached hydrogens (tertiary/aromatic N) is 1. The Morgan fingerprint density at radius 3 is 2.08 bits per heavy atom. The van der Waals surface area contributed by atoms with Gasteiger partial charge in [0.2, 0.25) is 5.91 Å². The number of hydrogen-bond acceptors (Lipinski definition) is 3. The van der Waals surface area contributed by atoms with Gasteiger partial charge in [-0.15, -0.1) is 0 Å². The summed E-state index contributed by atoms with van der Waals surface area (Å²) in [7, 11) is 0. The van der Waals surface area contributed by atoms with Gasteiger partial charge in [0.05, 0.1) is 16.6 Å². The van der Waals surface area contributed by atoms with Crippen LogP contribution in [0.25, 0.3) is 21.8 Å². The maximum Gasteiger partial charge on any atom is 0.253 e. The Morgan fingerprint density at radius 1 is 1.08 bits per heavy atom. The molecule has 0 aliphatic rings. The molecular weight excluding hydrogens is 382 g/mol. The molecule has 1 atom stereocenters. The van der Waals surface area contributed by atoms with E-state index in [9.17, 15) is 9.59 Å². The lowest BCUT2D eigenvalue weighted by Crippen LogP contribution is -2.44. The molecule has 0 unspecified atom stereocenters. The Labute approximate surface area is 153 Å². The molecule has 0 spiro atoms. The third-order valence-corrected chi connectivity index (χ3v) is 4.21. The second kappa shape index (κ2) is 7.03. The summed E-state index contributed by atoms with van der Waals surface area (Å²) in [6, 6.07) is 14.0. The third kappa shape index (κ3) is 3.53. The first-order chi connectivity index (χ1) is 12.0. The summed E-state index contributed by atoms with van der Waals surface area (Å²) in [6.07, 6.45) is 0.224. The Kier molecular flexibility index (Phi) is 4.81. The van der Waals surface area contributed by atoms with Gasteiger partial charge in [-0.25, -0.2) is 4.98 Å². The number of benzene rings is 2. The largest absolute Gasteiger partial charge is 0.368 e. The number of carbonyl (C=O) groups is 2. The number of halogens is 1. The monoisotopic (exact) mass is 397 g/mol. The third-order valence-electron chi connectivity index (χ3n) is 3.89. The molecule has 0 radical (unpaired) electrons. The summed E-state index contributed by atoms with van der Waals surface area (Å²) in [4.78, 5) is 29.2. The van der Waals surface area contributed by atoms with E-state index in [1.165, 1.54) is 0 Å². The van der Waals surface area contributed by atoms with E-state index in [0.29, 0.717) is 21.1 Å². The topological polar surface area (TPSA) is 85.1 Å². The van der Waals surface area contributed by atoms with Gasteiger partial charge >= 0.3 is 0 Å². The van der Waals surface area contributed by atoms with Gasteiger partial charge in [0.25, 0.3) is 5.91 Å². The maximum atomic E-state index is 13.0. The van der Waals surface area contributed by atoms with Crippen LogP contribution in [0.2, 0.25) is 0 Å². The van der Waals surface area contributed by atoms with Crippen molar-refractivity contribution < 1.29 is 9.59 Å². The van der Waals surface area contributed by atoms with Gasteiger partial charge < -0.3 is 11.1 Å². The van der Waals surface area contributed by atoms with Crippen molar-refractivity contribution in [2.75, 3.05) is 0 Å². The minimum Gasteiger partial charge on any atom is -0.368 e. The van der Waals surface area contributed by atoms with Gasteiger partial charge in [-0.05, 0) is 16.6 Å². The first kappa shape index (κ1) is 17.1. The number of aromatic nitrogens is 1. The quantitative estimate of drug-likeness (QED) is 0.647. The number of carbonyl (C=O) groups excluding carboxylic acids is 2. The molecule has 2 aromatic carbocycles. The predicted octanol–water partition coefficient (Wildman–Crippen LogP) is 3.27. The van der Waals surface area contributed by atoms with E-state index >= 15 is 0 Å². The van der Waals surface area contributed by atoms with Gasteiger partial charge in [-0.3, -0.25) is 9.59 Å². The smallest absolute Gasteiger partial charge is 0.253 e. The number of rotatable bonds is 5. The molecule has 3 rings (SSSR count). The summed E-state index contributed by atoms with van der Waals surface area (Å²) < 4.78 is 0.584. The first-order valence-corrected chi connectivity index (χ1v) is 8.47. The first-order valence-electron chi connectivity index (χ1n) is 7.68. The SMILES string of the molecule is C=C(Br)C[C@@H](NC(=O)c1c2ccccc2nc2ccccc12)C(N)=O. The zero-order valence-corrected chi connectivity index (χ0v) is 14.9. The van der Waals surface area contributed by atoms with Crippen LogP contribution in [0.1, 0.15) is 16.8 Å². The zero-order valence-electron chi connectivity index (χ0n) is 13.3. The van der Waals surface area contributed by atoms with Crippen molar-refractivity contribution in [1.82, 2.24) is 10.3 Å². The van der Waals surface area contributed by atoms with Crippen LogP contribution in [0.15, 0.2) is 59.6 Å². The Hall–Kier alpha value is -2.73. The highest BCUT2D eigenvalue weighted by Gasteiger charge is 2.22. The number of nitrogens with one attached hydrogen (secondary N) is 1. The summed E-state index contributed by atoms with van der Waals surface area (Å²) >= 11 is 3.21. The average molecular weight is 398 g/mol. The van der Waals surface area contributed by atoms with Gasteiger partial charge in [-0.1, -0.05) is 58.9 Å². The molecule has 1 aromatic heterocycles. The van der Waals surface area contributed by atoms with E-state index in [1.807, 2.05) is 48.5 Å². The van der Waals surface area contributed by atoms with Crippen LogP contribution in [0.5, 0.6) is 0 Å². The highest BCUT2D eigenvalue weighted by molar-refractivity contribution is 9.11. The highest BCUT2D eigenvalue weighted by Crippen LogP contribution is 2.26. The second-order valence-electron chi connectivity index (χ2n) is 5.67. The Bertz CT molecular complexity index is 946. The average Bonchev–Trinajstić information content (AvgIpc) is 2.58. The van der Waals surface area contributed by atoms with Crippen molar-refractivity contribution in [3.8, 4) is 0 Å². The number of amides is 2. The van der Waals surface area contributed by atoms with Crippen molar-refractivity contribution in [3.05, 3.63) is 65.2 Å². The van der Waals surface area contributed by atoms with E-state index in [-0.39, 0.29) is 12.3 Å². The fourth-order valence-corrected chi connectivity index (χ4v) is 3.08. The molecule has 2 amide bonds. The Balaban J connectivity index is 2.13. The van der Waals surface area contributed by atoms with E-state index < -0.39 is 11.9 Å². The number of nitrogens with two attached hydrogens (primary N) is 1. The molecule has 0 saturated heterocycles. The van der Waals surface area contributed by atoms with Gasteiger partial charge in [0, 0.05) is 17.2 Å². The van der Waals surface area contributed by atoms with E-state index in [0.717, 1.165) is 10.8 Å². The summed E-state index contributed by atoms with van der Waals surface area (Å²) in [6.45, 7) is 3.70. The molecule has 0 bridgehead atoms. The highest BCUT2D eigenvalue weighted by atomic mass is 79.9. The van der Waals surface area contributed by atoms with E-state index in [4.69, 9.17) is 5.73 Å². The molecule has 3 N–H and O–H groups in total. The van der Waals surface area contributed by atoms with E-state index in [2.05, 4.69) is 32.8 Å². The van der Waals surface area contributed by atoms with Crippen LogP contribution in [0.4, 0.5) is 0 Å². The normalized spacial score (nSPS) is 12.0. The predicted molar refractivity (Wildman–Crippen MR) is 102 cm³/mol. The molecular formula is C19H16BrN3O2. The summed E-state index contributed by atoms with van der Waals surface area (Å²) in [5.41, 5.74) is 7.32. The number of pyridine rings is 1. The molecule has 25 heavy (non-hydrogen) atoms. The number of hydrogen-bond donors (Lipinski definition) is 2. The van der Waals surface area contributed by atoms with Crippen molar-refractivity contribution in [3.63, 3.8) is 0 Å². The Morgan fingerprint density at radius 2 is 1.60 bits per heavy atom. The number of fused-ring (bicyclic) bond motifs is 2. The van der Waals surface area contributed by atoms with E-state index in [1.54, 1.807) is 0 Å². The fourth-order valence-electron chi connectivity index (χ4n) is 2.76. The second-order valence-corrected chi connectivity index (χ2v) is 6.79. The standard InChI is InChI=1S/C19H16BrN3O2/c1-11(20)10-16(18(21)24)23-19(25)17-12-6-2-4-8-14(12)22-15-9-5-3-7-13(15)17/h2-9,16H,1,10H2,(H2,21,24)(H,23,25)/t16-/m1/s1. The van der Waals surface area contributed by atoms with Crippen LogP contribution in [-0.2, 0) is 4.79 Å². The van der Waals surface area contributed by atoms with Crippen LogP contribution in [0, 0.1) is 0 Å². The van der Waals surface area contributed by atoms with Crippen LogP contribution < -0.4 is 11.1 Å². The molecule has 1 heterocycles. The lowest BCUT2D eigenvalue weighted by Gasteiger charge is -2.17. The van der Waals surface area contributed by atoms with Crippen LogP contribution in [-0.4, -0.2) is 22.8 Å². The molecule has 0 aliphatic heterocycles. The molecule has 126 valence electrons. The molecule has 3 aromatic rings. The minimum atomic E-state index is -0.843.